The third-order valence-corrected chi connectivity index (χ3v) is 2.58. The SMILES string of the molecule is CC1=CC[N+](C)([O-])c2ccccc21. The molecule has 0 bridgehead atoms. The van der Waals surface area contributed by atoms with Crippen LogP contribution in [0.1, 0.15) is 12.5 Å². The summed E-state index contributed by atoms with van der Waals surface area (Å²) in [7, 11) is 1.70. The summed E-state index contributed by atoms with van der Waals surface area (Å²) in [4.78, 5) is 0. The molecule has 1 aliphatic heterocycles. The summed E-state index contributed by atoms with van der Waals surface area (Å²) in [6.07, 6.45) is 2.01. The predicted molar refractivity (Wildman–Crippen MR) is 56.0 cm³/mol. The average Bonchev–Trinajstić information content (AvgIpc) is 2.13. The van der Waals surface area contributed by atoms with Gasteiger partial charge in [0.2, 0.25) is 0 Å². The Labute approximate surface area is 78.3 Å². The number of likely N-dealkylation sites (N-methyl/N-ethyl adjacent to an activating group) is 1. The van der Waals surface area contributed by atoms with E-state index in [1.165, 1.54) is 5.57 Å². The first-order chi connectivity index (χ1) is 6.11. The maximum Gasteiger partial charge on any atom is 0.140 e. The van der Waals surface area contributed by atoms with E-state index < -0.39 is 0 Å². The van der Waals surface area contributed by atoms with Gasteiger partial charge in [0.05, 0.1) is 7.05 Å². The maximum atomic E-state index is 12.0. The number of allylic oxidation sites excluding steroid dienone is 1. The summed E-state index contributed by atoms with van der Waals surface area (Å²) in [5.41, 5.74) is 3.18. The molecule has 0 radical (unpaired) electrons. The maximum absolute atomic E-state index is 12.0. The highest BCUT2D eigenvalue weighted by Gasteiger charge is 2.22. The minimum atomic E-state index is -0.284. The zero-order valence-corrected chi connectivity index (χ0v) is 7.95. The van der Waals surface area contributed by atoms with Crippen LogP contribution in [0.2, 0.25) is 0 Å². The molecule has 68 valence electrons. The Morgan fingerprint density at radius 1 is 1.31 bits per heavy atom. The summed E-state index contributed by atoms with van der Waals surface area (Å²) in [5, 5.41) is 12.0. The van der Waals surface area contributed by atoms with Crippen molar-refractivity contribution in [3.05, 3.63) is 41.1 Å². The van der Waals surface area contributed by atoms with Crippen molar-refractivity contribution in [2.24, 2.45) is 0 Å². The fourth-order valence-electron chi connectivity index (χ4n) is 1.74. The van der Waals surface area contributed by atoms with Gasteiger partial charge in [-0.25, -0.2) is 0 Å². The number of rotatable bonds is 0. The molecule has 2 rings (SSSR count). The predicted octanol–water partition coefficient (Wildman–Crippen LogP) is 2.54. The first-order valence-corrected chi connectivity index (χ1v) is 4.44. The standard InChI is InChI=1S/C11H13NO/c1-9-7-8-12(2,13)11-6-4-3-5-10(9)11/h3-7H,8H2,1-2H3. The van der Waals surface area contributed by atoms with Gasteiger partial charge in [-0.3, -0.25) is 0 Å². The molecule has 1 aromatic carbocycles. The van der Waals surface area contributed by atoms with Gasteiger partial charge in [-0.1, -0.05) is 12.1 Å². The third-order valence-electron chi connectivity index (χ3n) is 2.58. The van der Waals surface area contributed by atoms with Crippen LogP contribution in [0, 0.1) is 5.21 Å². The molecule has 0 aromatic heterocycles. The lowest BCUT2D eigenvalue weighted by molar-refractivity contribution is 0.488. The molecule has 1 aliphatic rings. The van der Waals surface area contributed by atoms with Gasteiger partial charge in [-0.15, -0.1) is 0 Å². The molecule has 1 heterocycles. The highest BCUT2D eigenvalue weighted by Crippen LogP contribution is 2.33. The molecular formula is C11H13NO. The molecule has 2 nitrogen and oxygen atoms in total. The van der Waals surface area contributed by atoms with Crippen molar-refractivity contribution >= 4 is 11.3 Å². The number of para-hydroxylation sites is 1. The fraction of sp³-hybridized carbons (Fsp3) is 0.273. The average molecular weight is 175 g/mol. The van der Waals surface area contributed by atoms with Crippen LogP contribution in [0.4, 0.5) is 5.69 Å². The second-order valence-electron chi connectivity index (χ2n) is 3.69. The van der Waals surface area contributed by atoms with E-state index in [-0.39, 0.29) is 4.65 Å². The van der Waals surface area contributed by atoms with E-state index in [2.05, 4.69) is 6.92 Å². The Morgan fingerprint density at radius 3 is 2.69 bits per heavy atom. The van der Waals surface area contributed by atoms with Crippen molar-refractivity contribution in [1.82, 2.24) is 4.65 Å². The Balaban J connectivity index is 2.64. The van der Waals surface area contributed by atoms with Gasteiger partial charge in [-0.2, -0.15) is 0 Å². The molecule has 0 amide bonds. The molecular weight excluding hydrogens is 162 g/mol. The smallest absolute Gasteiger partial charge is 0.140 e. The zero-order chi connectivity index (χ0) is 9.47. The van der Waals surface area contributed by atoms with Crippen LogP contribution in [0.15, 0.2) is 30.3 Å². The van der Waals surface area contributed by atoms with Gasteiger partial charge in [0.25, 0.3) is 0 Å². The number of hydrogen-bond donors (Lipinski definition) is 0. The van der Waals surface area contributed by atoms with Crippen LogP contribution < -0.4 is 4.65 Å². The van der Waals surface area contributed by atoms with E-state index in [9.17, 15) is 5.21 Å². The number of hydrogen-bond acceptors (Lipinski definition) is 1. The molecule has 2 heteroatoms. The number of fused-ring (bicyclic) bond motifs is 1. The van der Waals surface area contributed by atoms with Crippen molar-refractivity contribution in [3.8, 4) is 0 Å². The fourth-order valence-corrected chi connectivity index (χ4v) is 1.74. The first kappa shape index (κ1) is 8.48. The molecule has 0 N–H and O–H groups in total. The van der Waals surface area contributed by atoms with Gasteiger partial charge in [0, 0.05) is 11.6 Å². The van der Waals surface area contributed by atoms with Gasteiger partial charge >= 0.3 is 0 Å². The summed E-state index contributed by atoms with van der Waals surface area (Å²) < 4.78 is -0.284. The van der Waals surface area contributed by atoms with E-state index in [1.54, 1.807) is 7.05 Å². The molecule has 0 saturated carbocycles. The minimum Gasteiger partial charge on any atom is -0.627 e. The zero-order valence-electron chi connectivity index (χ0n) is 7.95. The highest BCUT2D eigenvalue weighted by atomic mass is 16.5. The largest absolute Gasteiger partial charge is 0.627 e. The second kappa shape index (κ2) is 2.69. The number of benzene rings is 1. The van der Waals surface area contributed by atoms with Crippen LogP contribution >= 0.6 is 0 Å². The monoisotopic (exact) mass is 175 g/mol. The Hall–Kier alpha value is -1.12. The normalized spacial score (nSPS) is 26.5. The summed E-state index contributed by atoms with van der Waals surface area (Å²) in [6.45, 7) is 2.60. The molecule has 0 saturated heterocycles. The quantitative estimate of drug-likeness (QED) is 0.439. The Kier molecular flexibility index (Phi) is 1.75. The van der Waals surface area contributed by atoms with Crippen LogP contribution in [0.5, 0.6) is 0 Å². The summed E-state index contributed by atoms with van der Waals surface area (Å²) in [5.74, 6) is 0. The molecule has 0 fully saturated rings. The van der Waals surface area contributed by atoms with Crippen molar-refractivity contribution in [2.45, 2.75) is 6.92 Å². The Morgan fingerprint density at radius 2 is 2.00 bits per heavy atom. The van der Waals surface area contributed by atoms with Crippen molar-refractivity contribution in [1.29, 1.82) is 0 Å². The molecule has 13 heavy (non-hydrogen) atoms. The summed E-state index contributed by atoms with van der Waals surface area (Å²) >= 11 is 0. The lowest BCUT2D eigenvalue weighted by atomic mass is 10.0. The van der Waals surface area contributed by atoms with E-state index in [0.717, 1.165) is 11.3 Å². The van der Waals surface area contributed by atoms with Crippen LogP contribution in [0.25, 0.3) is 5.57 Å². The lowest BCUT2D eigenvalue weighted by Crippen LogP contribution is -2.40. The van der Waals surface area contributed by atoms with Gasteiger partial charge < -0.3 is 9.85 Å². The van der Waals surface area contributed by atoms with Crippen molar-refractivity contribution < 1.29 is 0 Å². The van der Waals surface area contributed by atoms with Gasteiger partial charge in [-0.05, 0) is 24.6 Å². The van der Waals surface area contributed by atoms with Crippen LogP contribution in [-0.2, 0) is 0 Å². The molecule has 0 spiro atoms. The molecule has 0 aliphatic carbocycles. The van der Waals surface area contributed by atoms with E-state index in [0.29, 0.717) is 6.54 Å². The van der Waals surface area contributed by atoms with Gasteiger partial charge in [0.1, 0.15) is 12.2 Å². The molecule has 1 unspecified atom stereocenters. The minimum absolute atomic E-state index is 0.284. The van der Waals surface area contributed by atoms with Gasteiger partial charge in [0.15, 0.2) is 0 Å². The number of quaternary nitrogens is 1. The lowest BCUT2D eigenvalue weighted by Gasteiger charge is -2.41. The Bertz CT molecular complexity index is 366. The van der Waals surface area contributed by atoms with E-state index in [1.807, 2.05) is 30.3 Å². The summed E-state index contributed by atoms with van der Waals surface area (Å²) in [6, 6.07) is 7.82. The number of nitrogens with zero attached hydrogens (tertiary/aromatic N) is 1. The molecule has 1 atom stereocenters. The molecule has 1 aromatic rings. The first-order valence-electron chi connectivity index (χ1n) is 4.44. The van der Waals surface area contributed by atoms with Crippen LogP contribution in [0.3, 0.4) is 0 Å². The second-order valence-corrected chi connectivity index (χ2v) is 3.69. The van der Waals surface area contributed by atoms with Crippen LogP contribution in [-0.4, -0.2) is 13.6 Å². The third kappa shape index (κ3) is 1.28. The van der Waals surface area contributed by atoms with Crippen molar-refractivity contribution in [3.63, 3.8) is 0 Å². The number of hydroxylamine groups is 2. The highest BCUT2D eigenvalue weighted by molar-refractivity contribution is 5.77. The topological polar surface area (TPSA) is 23.1 Å². The van der Waals surface area contributed by atoms with E-state index in [4.69, 9.17) is 0 Å². The van der Waals surface area contributed by atoms with Crippen molar-refractivity contribution in [2.75, 3.05) is 13.6 Å². The van der Waals surface area contributed by atoms with E-state index >= 15 is 0 Å².